The second-order valence-corrected chi connectivity index (χ2v) is 6.10. The Balaban J connectivity index is 1.47. The van der Waals surface area contributed by atoms with E-state index >= 15 is 0 Å². The van der Waals surface area contributed by atoms with Gasteiger partial charge >= 0.3 is 0 Å². The van der Waals surface area contributed by atoms with Crippen LogP contribution in [0.2, 0.25) is 0 Å². The molecule has 122 valence electrons. The van der Waals surface area contributed by atoms with E-state index in [9.17, 15) is 9.59 Å². The summed E-state index contributed by atoms with van der Waals surface area (Å²) in [5.41, 5.74) is 7.84. The van der Waals surface area contributed by atoms with Crippen LogP contribution in [0.5, 0.6) is 0 Å². The molecule has 0 aromatic heterocycles. The van der Waals surface area contributed by atoms with Gasteiger partial charge in [-0.1, -0.05) is 42.5 Å². The molecule has 0 aliphatic heterocycles. The third-order valence-corrected chi connectivity index (χ3v) is 4.38. The van der Waals surface area contributed by atoms with Crippen molar-refractivity contribution in [1.82, 2.24) is 5.32 Å². The van der Waals surface area contributed by atoms with E-state index in [2.05, 4.69) is 17.4 Å². The topological polar surface area (TPSA) is 72.2 Å². The number of carbonyl (C=O) groups is 2. The van der Waals surface area contributed by atoms with Crippen molar-refractivity contribution in [2.75, 3.05) is 0 Å². The first kappa shape index (κ1) is 16.0. The van der Waals surface area contributed by atoms with Gasteiger partial charge in [-0.2, -0.15) is 0 Å². The largest absolute Gasteiger partial charge is 0.366 e. The number of hydrogen-bond acceptors (Lipinski definition) is 2. The van der Waals surface area contributed by atoms with E-state index in [0.717, 1.165) is 18.4 Å². The molecule has 0 saturated heterocycles. The third-order valence-electron chi connectivity index (χ3n) is 4.38. The fourth-order valence-corrected chi connectivity index (χ4v) is 2.91. The molecule has 1 aliphatic carbocycles. The Morgan fingerprint density at radius 2 is 1.67 bits per heavy atom. The quantitative estimate of drug-likeness (QED) is 0.832. The molecule has 0 heterocycles. The van der Waals surface area contributed by atoms with Crippen molar-refractivity contribution in [2.24, 2.45) is 5.73 Å². The Morgan fingerprint density at radius 1 is 1.00 bits per heavy atom. The molecule has 1 aliphatic rings. The van der Waals surface area contributed by atoms with Gasteiger partial charge in [-0.25, -0.2) is 0 Å². The maximum absolute atomic E-state index is 12.0. The molecule has 0 bridgehead atoms. The molecule has 24 heavy (non-hydrogen) atoms. The molecule has 0 atom stereocenters. The minimum atomic E-state index is -0.457. The van der Waals surface area contributed by atoms with E-state index < -0.39 is 5.91 Å². The van der Waals surface area contributed by atoms with Gasteiger partial charge in [0.05, 0.1) is 0 Å². The minimum Gasteiger partial charge on any atom is -0.366 e. The highest BCUT2D eigenvalue weighted by Gasteiger charge is 2.30. The second kappa shape index (κ2) is 7.13. The van der Waals surface area contributed by atoms with E-state index in [1.165, 1.54) is 11.6 Å². The lowest BCUT2D eigenvalue weighted by molar-refractivity contribution is -0.117. The van der Waals surface area contributed by atoms with Gasteiger partial charge < -0.3 is 11.1 Å². The molecule has 1 fully saturated rings. The molecule has 2 amide bonds. The summed E-state index contributed by atoms with van der Waals surface area (Å²) >= 11 is 0. The zero-order valence-electron chi connectivity index (χ0n) is 13.3. The fourth-order valence-electron chi connectivity index (χ4n) is 2.91. The van der Waals surface area contributed by atoms with Crippen molar-refractivity contribution in [1.29, 1.82) is 0 Å². The van der Waals surface area contributed by atoms with Crippen molar-refractivity contribution >= 4 is 17.9 Å². The van der Waals surface area contributed by atoms with Crippen molar-refractivity contribution in [3.8, 4) is 0 Å². The van der Waals surface area contributed by atoms with E-state index in [-0.39, 0.29) is 11.9 Å². The number of amides is 2. The van der Waals surface area contributed by atoms with Crippen LogP contribution in [-0.4, -0.2) is 17.9 Å². The molecular weight excluding hydrogens is 300 g/mol. The van der Waals surface area contributed by atoms with Crippen molar-refractivity contribution in [2.45, 2.75) is 24.8 Å². The smallest absolute Gasteiger partial charge is 0.248 e. The summed E-state index contributed by atoms with van der Waals surface area (Å²) < 4.78 is 0. The molecule has 2 aromatic rings. The lowest BCUT2D eigenvalue weighted by atomic mass is 9.76. The second-order valence-electron chi connectivity index (χ2n) is 6.10. The van der Waals surface area contributed by atoms with Crippen LogP contribution < -0.4 is 11.1 Å². The Bertz CT molecular complexity index is 745. The number of carbonyl (C=O) groups excluding carboxylic acids is 2. The molecule has 3 rings (SSSR count). The van der Waals surface area contributed by atoms with E-state index in [1.807, 2.05) is 18.2 Å². The van der Waals surface area contributed by atoms with Gasteiger partial charge in [0.2, 0.25) is 11.8 Å². The normalized spacial score (nSPS) is 19.7. The Kier molecular flexibility index (Phi) is 4.75. The van der Waals surface area contributed by atoms with Crippen LogP contribution in [0.4, 0.5) is 0 Å². The molecule has 3 N–H and O–H groups in total. The summed E-state index contributed by atoms with van der Waals surface area (Å²) in [7, 11) is 0. The molecule has 0 unspecified atom stereocenters. The van der Waals surface area contributed by atoms with Crippen molar-refractivity contribution in [3.05, 3.63) is 77.4 Å². The lowest BCUT2D eigenvalue weighted by Crippen LogP contribution is -2.42. The molecule has 4 heteroatoms. The standard InChI is InChI=1S/C20H20N2O2/c21-20(24)16-9-6-14(7-10-16)8-11-19(23)22-18-12-17(13-18)15-4-2-1-3-5-15/h1-11,17-18H,12-13H2,(H2,21,24)(H,22,23)/b11-8+. The number of nitrogens with two attached hydrogens (primary N) is 1. The van der Waals surface area contributed by atoms with Crippen LogP contribution >= 0.6 is 0 Å². The van der Waals surface area contributed by atoms with Gasteiger partial charge in [0, 0.05) is 17.7 Å². The van der Waals surface area contributed by atoms with Crippen molar-refractivity contribution in [3.63, 3.8) is 0 Å². The van der Waals surface area contributed by atoms with Crippen LogP contribution in [-0.2, 0) is 4.79 Å². The van der Waals surface area contributed by atoms with Gasteiger partial charge in [-0.05, 0) is 48.1 Å². The van der Waals surface area contributed by atoms with Gasteiger partial charge in [0.1, 0.15) is 0 Å². The molecule has 0 spiro atoms. The van der Waals surface area contributed by atoms with Gasteiger partial charge in [-0.15, -0.1) is 0 Å². The number of rotatable bonds is 5. The number of benzene rings is 2. The predicted molar refractivity (Wildman–Crippen MR) is 94.3 cm³/mol. The summed E-state index contributed by atoms with van der Waals surface area (Å²) in [6.07, 6.45) is 5.22. The first-order chi connectivity index (χ1) is 11.6. The van der Waals surface area contributed by atoms with Crippen LogP contribution in [0.3, 0.4) is 0 Å². The summed E-state index contributed by atoms with van der Waals surface area (Å²) in [5.74, 6) is -0.00598. The summed E-state index contributed by atoms with van der Waals surface area (Å²) in [4.78, 5) is 23.0. The maximum atomic E-state index is 12.0. The maximum Gasteiger partial charge on any atom is 0.248 e. The molecule has 0 radical (unpaired) electrons. The van der Waals surface area contributed by atoms with Crippen molar-refractivity contribution < 1.29 is 9.59 Å². The van der Waals surface area contributed by atoms with Gasteiger partial charge in [0.25, 0.3) is 0 Å². The SMILES string of the molecule is NC(=O)c1ccc(/C=C/C(=O)NC2CC(c3ccccc3)C2)cc1. The summed E-state index contributed by atoms with van der Waals surface area (Å²) in [5, 5.41) is 3.02. The van der Waals surface area contributed by atoms with Crippen LogP contribution in [0.25, 0.3) is 6.08 Å². The monoisotopic (exact) mass is 320 g/mol. The minimum absolute atomic E-state index is 0.0921. The first-order valence-corrected chi connectivity index (χ1v) is 8.05. The highest BCUT2D eigenvalue weighted by atomic mass is 16.1. The Morgan fingerprint density at radius 3 is 2.29 bits per heavy atom. The molecule has 4 nitrogen and oxygen atoms in total. The Labute approximate surface area is 141 Å². The third kappa shape index (κ3) is 3.90. The highest BCUT2D eigenvalue weighted by Crippen LogP contribution is 2.36. The Hall–Kier alpha value is -2.88. The van der Waals surface area contributed by atoms with E-state index in [0.29, 0.717) is 11.5 Å². The van der Waals surface area contributed by atoms with Gasteiger partial charge in [-0.3, -0.25) is 9.59 Å². The molecule has 2 aromatic carbocycles. The van der Waals surface area contributed by atoms with E-state index in [4.69, 9.17) is 5.73 Å². The fraction of sp³-hybridized carbons (Fsp3) is 0.200. The zero-order valence-corrected chi connectivity index (χ0v) is 13.3. The van der Waals surface area contributed by atoms with Crippen LogP contribution in [0, 0.1) is 0 Å². The summed E-state index contributed by atoms with van der Waals surface area (Å²) in [6, 6.07) is 17.5. The van der Waals surface area contributed by atoms with Crippen LogP contribution in [0.15, 0.2) is 60.7 Å². The zero-order chi connectivity index (χ0) is 16.9. The number of nitrogens with one attached hydrogen (secondary N) is 1. The highest BCUT2D eigenvalue weighted by molar-refractivity contribution is 5.94. The molecular formula is C20H20N2O2. The number of hydrogen-bond donors (Lipinski definition) is 2. The van der Waals surface area contributed by atoms with E-state index in [1.54, 1.807) is 30.3 Å². The average molecular weight is 320 g/mol. The molecule has 1 saturated carbocycles. The average Bonchev–Trinajstić information content (AvgIpc) is 2.57. The first-order valence-electron chi connectivity index (χ1n) is 8.05. The lowest BCUT2D eigenvalue weighted by Gasteiger charge is -2.36. The predicted octanol–water partition coefficient (Wildman–Crippen LogP) is 2.86. The number of primary amides is 1. The van der Waals surface area contributed by atoms with Crippen LogP contribution in [0.1, 0.15) is 40.2 Å². The summed E-state index contributed by atoms with van der Waals surface area (Å²) in [6.45, 7) is 0. The van der Waals surface area contributed by atoms with Gasteiger partial charge in [0.15, 0.2) is 0 Å².